The van der Waals surface area contributed by atoms with E-state index in [1.165, 1.54) is 0 Å². The summed E-state index contributed by atoms with van der Waals surface area (Å²) in [5, 5.41) is 22.7. The Morgan fingerprint density at radius 3 is 1.95 bits per heavy atom. The zero-order valence-electron chi connectivity index (χ0n) is 13.5. The highest BCUT2D eigenvalue weighted by atomic mass is 16.5. The third kappa shape index (κ3) is 17.7. The van der Waals surface area contributed by atoms with E-state index in [-0.39, 0.29) is 0 Å². The molecule has 0 saturated carbocycles. The molecule has 21 heavy (non-hydrogen) atoms. The van der Waals surface area contributed by atoms with E-state index in [4.69, 9.17) is 10.5 Å². The lowest BCUT2D eigenvalue weighted by Crippen LogP contribution is -2.37. The highest BCUT2D eigenvalue weighted by molar-refractivity contribution is 4.60. The number of ether oxygens (including phenoxy) is 1. The van der Waals surface area contributed by atoms with Crippen LogP contribution >= 0.6 is 0 Å². The van der Waals surface area contributed by atoms with Crippen molar-refractivity contribution in [3.8, 4) is 0 Å². The lowest BCUT2D eigenvalue weighted by atomic mass is 10.3. The van der Waals surface area contributed by atoms with Crippen molar-refractivity contribution in [1.29, 1.82) is 0 Å². The van der Waals surface area contributed by atoms with Crippen molar-refractivity contribution in [3.63, 3.8) is 0 Å². The van der Waals surface area contributed by atoms with Crippen LogP contribution in [-0.2, 0) is 4.74 Å². The Balaban J connectivity index is 3.05. The number of rotatable bonds is 17. The minimum Gasteiger partial charge on any atom is -0.389 e. The number of hydrogen-bond acceptors (Lipinski definition) is 7. The summed E-state index contributed by atoms with van der Waals surface area (Å²) in [7, 11) is 0. The quantitative estimate of drug-likeness (QED) is 0.174. The van der Waals surface area contributed by atoms with E-state index < -0.39 is 6.10 Å². The highest BCUT2D eigenvalue weighted by Gasteiger charge is 2.02. The first kappa shape index (κ1) is 20.7. The zero-order chi connectivity index (χ0) is 15.6. The first-order valence-electron chi connectivity index (χ1n) is 8.10. The topological polar surface area (TPSA) is 104 Å². The Bertz CT molecular complexity index is 198. The SMILES string of the molecule is CCCOCC(O)CNCCNCCNCCNCCN. The van der Waals surface area contributed by atoms with Gasteiger partial charge in [-0.25, -0.2) is 0 Å². The molecule has 0 aliphatic carbocycles. The van der Waals surface area contributed by atoms with Crippen molar-refractivity contribution in [1.82, 2.24) is 21.3 Å². The first-order chi connectivity index (χ1) is 10.3. The summed E-state index contributed by atoms with van der Waals surface area (Å²) in [4.78, 5) is 0. The second-order valence-corrected chi connectivity index (χ2v) is 4.97. The van der Waals surface area contributed by atoms with Gasteiger partial charge in [-0.05, 0) is 6.42 Å². The normalized spacial score (nSPS) is 12.7. The van der Waals surface area contributed by atoms with Gasteiger partial charge in [-0.3, -0.25) is 0 Å². The molecule has 0 aliphatic heterocycles. The van der Waals surface area contributed by atoms with Gasteiger partial charge in [-0.15, -0.1) is 0 Å². The summed E-state index contributed by atoms with van der Waals surface area (Å²) in [6.07, 6.45) is 0.570. The number of nitrogens with two attached hydrogens (primary N) is 1. The van der Waals surface area contributed by atoms with Gasteiger partial charge in [-0.2, -0.15) is 0 Å². The molecule has 0 spiro atoms. The van der Waals surface area contributed by atoms with Crippen LogP contribution in [0.4, 0.5) is 0 Å². The van der Waals surface area contributed by atoms with Crippen LogP contribution in [-0.4, -0.2) is 83.3 Å². The molecular weight excluding hydrogens is 270 g/mol. The number of aliphatic hydroxyl groups is 1. The lowest BCUT2D eigenvalue weighted by Gasteiger charge is -2.12. The molecule has 0 aromatic rings. The fraction of sp³-hybridized carbons (Fsp3) is 1.00. The Morgan fingerprint density at radius 2 is 1.43 bits per heavy atom. The molecule has 0 aliphatic rings. The summed E-state index contributed by atoms with van der Waals surface area (Å²) in [6, 6.07) is 0. The Morgan fingerprint density at radius 1 is 0.905 bits per heavy atom. The summed E-state index contributed by atoms with van der Waals surface area (Å²) in [6.45, 7) is 10.9. The largest absolute Gasteiger partial charge is 0.389 e. The maximum atomic E-state index is 9.61. The van der Waals surface area contributed by atoms with E-state index in [0.717, 1.165) is 52.2 Å². The van der Waals surface area contributed by atoms with E-state index >= 15 is 0 Å². The van der Waals surface area contributed by atoms with Gasteiger partial charge >= 0.3 is 0 Å². The van der Waals surface area contributed by atoms with Gasteiger partial charge in [0, 0.05) is 65.5 Å². The standard InChI is InChI=1S/C14H35N5O2/c1-2-11-21-13-14(20)12-19-10-9-18-8-7-17-6-5-16-4-3-15/h14,16-20H,2-13,15H2,1H3. The van der Waals surface area contributed by atoms with Crippen molar-refractivity contribution in [2.45, 2.75) is 19.4 Å². The molecule has 0 fully saturated rings. The first-order valence-corrected chi connectivity index (χ1v) is 8.10. The van der Waals surface area contributed by atoms with E-state index in [2.05, 4.69) is 28.2 Å². The van der Waals surface area contributed by atoms with Crippen LogP contribution in [0.5, 0.6) is 0 Å². The molecule has 7 N–H and O–H groups in total. The monoisotopic (exact) mass is 305 g/mol. The van der Waals surface area contributed by atoms with Crippen LogP contribution in [0.2, 0.25) is 0 Å². The molecule has 0 saturated heterocycles. The second kappa shape index (κ2) is 17.8. The second-order valence-electron chi connectivity index (χ2n) is 4.97. The molecule has 0 amide bonds. The average Bonchev–Trinajstić information content (AvgIpc) is 2.48. The summed E-state index contributed by atoms with van der Waals surface area (Å²) in [5.74, 6) is 0. The molecule has 128 valence electrons. The maximum Gasteiger partial charge on any atom is 0.0897 e. The number of nitrogens with one attached hydrogen (secondary N) is 4. The third-order valence-electron chi connectivity index (χ3n) is 2.80. The van der Waals surface area contributed by atoms with Crippen LogP contribution < -0.4 is 27.0 Å². The minimum atomic E-state index is -0.417. The van der Waals surface area contributed by atoms with E-state index in [1.807, 2.05) is 0 Å². The van der Waals surface area contributed by atoms with Crippen molar-refractivity contribution in [3.05, 3.63) is 0 Å². The molecule has 7 heteroatoms. The predicted molar refractivity (Wildman–Crippen MR) is 87.7 cm³/mol. The van der Waals surface area contributed by atoms with Gasteiger partial charge in [-0.1, -0.05) is 6.92 Å². The molecule has 0 rings (SSSR count). The molecule has 0 bridgehead atoms. The van der Waals surface area contributed by atoms with Crippen LogP contribution in [0, 0.1) is 0 Å². The third-order valence-corrected chi connectivity index (χ3v) is 2.80. The lowest BCUT2D eigenvalue weighted by molar-refractivity contribution is 0.0375. The number of hydrogen-bond donors (Lipinski definition) is 6. The molecule has 0 aromatic heterocycles. The average molecular weight is 305 g/mol. The molecule has 1 atom stereocenters. The van der Waals surface area contributed by atoms with E-state index in [9.17, 15) is 5.11 Å². The number of aliphatic hydroxyl groups excluding tert-OH is 1. The molecular formula is C14H35N5O2. The predicted octanol–water partition coefficient (Wildman–Crippen LogP) is -1.91. The van der Waals surface area contributed by atoms with E-state index in [1.54, 1.807) is 0 Å². The summed E-state index contributed by atoms with van der Waals surface area (Å²) >= 11 is 0. The molecule has 0 aromatic carbocycles. The fourth-order valence-corrected chi connectivity index (χ4v) is 1.70. The summed E-state index contributed by atoms with van der Waals surface area (Å²) < 4.78 is 5.28. The van der Waals surface area contributed by atoms with Crippen molar-refractivity contribution < 1.29 is 9.84 Å². The molecule has 0 radical (unpaired) electrons. The Hall–Kier alpha value is -0.280. The Kier molecular flexibility index (Phi) is 17.5. The minimum absolute atomic E-state index is 0.413. The molecule has 0 heterocycles. The van der Waals surface area contributed by atoms with Gasteiger partial charge in [0.15, 0.2) is 0 Å². The van der Waals surface area contributed by atoms with Crippen LogP contribution in [0.1, 0.15) is 13.3 Å². The van der Waals surface area contributed by atoms with Gasteiger partial charge in [0.2, 0.25) is 0 Å². The van der Waals surface area contributed by atoms with Crippen molar-refractivity contribution >= 4 is 0 Å². The van der Waals surface area contributed by atoms with Gasteiger partial charge < -0.3 is 36.8 Å². The van der Waals surface area contributed by atoms with Crippen molar-refractivity contribution in [2.75, 3.05) is 72.1 Å². The molecule has 7 nitrogen and oxygen atoms in total. The smallest absolute Gasteiger partial charge is 0.0897 e. The highest BCUT2D eigenvalue weighted by Crippen LogP contribution is 1.85. The van der Waals surface area contributed by atoms with Gasteiger partial charge in [0.25, 0.3) is 0 Å². The van der Waals surface area contributed by atoms with E-state index in [0.29, 0.717) is 26.3 Å². The van der Waals surface area contributed by atoms with Crippen molar-refractivity contribution in [2.24, 2.45) is 5.73 Å². The maximum absolute atomic E-state index is 9.61. The van der Waals surface area contributed by atoms with Crippen LogP contribution in [0.25, 0.3) is 0 Å². The zero-order valence-corrected chi connectivity index (χ0v) is 13.5. The summed E-state index contributed by atoms with van der Waals surface area (Å²) in [5.41, 5.74) is 5.38. The Labute approximate surface area is 129 Å². The van der Waals surface area contributed by atoms with Crippen LogP contribution in [0.15, 0.2) is 0 Å². The van der Waals surface area contributed by atoms with Gasteiger partial charge in [0.05, 0.1) is 12.7 Å². The van der Waals surface area contributed by atoms with Gasteiger partial charge in [0.1, 0.15) is 0 Å². The molecule has 1 unspecified atom stereocenters. The van der Waals surface area contributed by atoms with Crippen LogP contribution in [0.3, 0.4) is 0 Å². The fourth-order valence-electron chi connectivity index (χ4n) is 1.70.